The van der Waals surface area contributed by atoms with Crippen LogP contribution in [0.25, 0.3) is 0 Å². The van der Waals surface area contributed by atoms with Crippen molar-refractivity contribution in [2.75, 3.05) is 24.2 Å². The maximum atomic E-state index is 12.8. The van der Waals surface area contributed by atoms with E-state index in [0.29, 0.717) is 30.3 Å². The van der Waals surface area contributed by atoms with Gasteiger partial charge >= 0.3 is 0 Å². The number of benzene rings is 1. The topological polar surface area (TPSA) is 57.7 Å². The highest BCUT2D eigenvalue weighted by Gasteiger charge is 2.29. The minimum absolute atomic E-state index is 0.0372. The summed E-state index contributed by atoms with van der Waals surface area (Å²) < 4.78 is 25.0. The van der Waals surface area contributed by atoms with Gasteiger partial charge in [0, 0.05) is 25.2 Å². The average Bonchev–Trinajstić information content (AvgIpc) is 2.97. The summed E-state index contributed by atoms with van der Waals surface area (Å²) in [5.41, 5.74) is 2.31. The summed E-state index contributed by atoms with van der Waals surface area (Å²) in [5, 5.41) is 0. The molecule has 0 saturated heterocycles. The lowest BCUT2D eigenvalue weighted by atomic mass is 9.86. The highest BCUT2D eigenvalue weighted by Crippen LogP contribution is 2.32. The third kappa shape index (κ3) is 3.29. The van der Waals surface area contributed by atoms with Gasteiger partial charge in [-0.25, -0.2) is 8.42 Å². The lowest BCUT2D eigenvalue weighted by Crippen LogP contribution is -2.39. The number of rotatable bonds is 3. The normalized spacial score (nSPS) is 23.9. The molecule has 0 radical (unpaired) electrons. The van der Waals surface area contributed by atoms with Gasteiger partial charge in [0.2, 0.25) is 10.0 Å². The molecule has 1 aliphatic heterocycles. The SMILES string of the molecule is CC1CCC(N(C)C(=O)c2ccc3c(c2)CCN3S(C)(=O)=O)CC1. The van der Waals surface area contributed by atoms with Crippen molar-refractivity contribution in [2.24, 2.45) is 5.92 Å². The molecule has 5 nitrogen and oxygen atoms in total. The number of sulfonamides is 1. The molecule has 1 aromatic carbocycles. The van der Waals surface area contributed by atoms with Crippen LogP contribution in [0.3, 0.4) is 0 Å². The first-order valence-electron chi connectivity index (χ1n) is 8.65. The van der Waals surface area contributed by atoms with Gasteiger partial charge in [-0.2, -0.15) is 0 Å². The number of anilines is 1. The van der Waals surface area contributed by atoms with Crippen molar-refractivity contribution in [1.29, 1.82) is 0 Å². The van der Waals surface area contributed by atoms with Gasteiger partial charge in [-0.05, 0) is 61.8 Å². The molecule has 0 atom stereocenters. The Hall–Kier alpha value is -1.56. The minimum atomic E-state index is -3.25. The van der Waals surface area contributed by atoms with Crippen LogP contribution in [0.2, 0.25) is 0 Å². The summed E-state index contributed by atoms with van der Waals surface area (Å²) in [6, 6.07) is 5.71. The largest absolute Gasteiger partial charge is 0.339 e. The molecule has 24 heavy (non-hydrogen) atoms. The van der Waals surface area contributed by atoms with E-state index >= 15 is 0 Å². The summed E-state index contributed by atoms with van der Waals surface area (Å²) in [6.07, 6.45) is 6.37. The van der Waals surface area contributed by atoms with E-state index in [-0.39, 0.29) is 5.91 Å². The lowest BCUT2D eigenvalue weighted by Gasteiger charge is -2.33. The molecule has 2 aliphatic rings. The molecule has 0 spiro atoms. The third-order valence-corrected chi connectivity index (χ3v) is 6.61. The molecule has 1 aromatic rings. The second-order valence-corrected chi connectivity index (χ2v) is 9.17. The molecule has 1 heterocycles. The van der Waals surface area contributed by atoms with Gasteiger partial charge in [0.1, 0.15) is 0 Å². The molecule has 1 saturated carbocycles. The number of carbonyl (C=O) groups excluding carboxylic acids is 1. The molecule has 0 aromatic heterocycles. The fourth-order valence-corrected chi connectivity index (χ4v) is 4.81. The minimum Gasteiger partial charge on any atom is -0.339 e. The van der Waals surface area contributed by atoms with Gasteiger partial charge in [0.05, 0.1) is 11.9 Å². The number of amides is 1. The Balaban J connectivity index is 1.77. The molecule has 3 rings (SSSR count). The van der Waals surface area contributed by atoms with Crippen LogP contribution in [-0.2, 0) is 16.4 Å². The monoisotopic (exact) mass is 350 g/mol. The Morgan fingerprint density at radius 2 is 1.88 bits per heavy atom. The van der Waals surface area contributed by atoms with E-state index in [4.69, 9.17) is 0 Å². The lowest BCUT2D eigenvalue weighted by molar-refractivity contribution is 0.0679. The van der Waals surface area contributed by atoms with Gasteiger partial charge < -0.3 is 4.90 Å². The number of hydrogen-bond acceptors (Lipinski definition) is 3. The van der Waals surface area contributed by atoms with Crippen molar-refractivity contribution in [3.05, 3.63) is 29.3 Å². The fraction of sp³-hybridized carbons (Fsp3) is 0.611. The van der Waals surface area contributed by atoms with E-state index in [2.05, 4.69) is 6.92 Å². The Morgan fingerprint density at radius 3 is 2.50 bits per heavy atom. The maximum absolute atomic E-state index is 12.8. The smallest absolute Gasteiger partial charge is 0.253 e. The molecule has 1 amide bonds. The standard InChI is InChI=1S/C18H26N2O3S/c1-13-4-7-16(8-5-13)19(2)18(21)15-6-9-17-14(12-15)10-11-20(17)24(3,22)23/h6,9,12-13,16H,4-5,7-8,10-11H2,1-3H3. The zero-order valence-electron chi connectivity index (χ0n) is 14.7. The molecule has 132 valence electrons. The van der Waals surface area contributed by atoms with Crippen LogP contribution >= 0.6 is 0 Å². The van der Waals surface area contributed by atoms with Crippen LogP contribution in [0.1, 0.15) is 48.5 Å². The predicted octanol–water partition coefficient (Wildman–Crippen LogP) is 2.66. The maximum Gasteiger partial charge on any atom is 0.253 e. The predicted molar refractivity (Wildman–Crippen MR) is 95.8 cm³/mol. The first-order valence-corrected chi connectivity index (χ1v) is 10.5. The van der Waals surface area contributed by atoms with Crippen molar-refractivity contribution < 1.29 is 13.2 Å². The number of fused-ring (bicyclic) bond motifs is 1. The van der Waals surface area contributed by atoms with Crippen LogP contribution in [0.15, 0.2) is 18.2 Å². The Morgan fingerprint density at radius 1 is 1.21 bits per heavy atom. The summed E-state index contributed by atoms with van der Waals surface area (Å²) in [5.74, 6) is 0.793. The average molecular weight is 350 g/mol. The zero-order valence-corrected chi connectivity index (χ0v) is 15.5. The van der Waals surface area contributed by atoms with E-state index in [1.54, 1.807) is 12.1 Å². The Kier molecular flexibility index (Phi) is 4.60. The Bertz CT molecular complexity index is 737. The molecular formula is C18H26N2O3S. The van der Waals surface area contributed by atoms with Crippen LogP contribution < -0.4 is 4.31 Å². The van der Waals surface area contributed by atoms with Gasteiger partial charge in [-0.3, -0.25) is 9.10 Å². The summed E-state index contributed by atoms with van der Waals surface area (Å²) in [4.78, 5) is 14.7. The van der Waals surface area contributed by atoms with E-state index in [0.717, 1.165) is 24.3 Å². The zero-order chi connectivity index (χ0) is 17.5. The van der Waals surface area contributed by atoms with E-state index < -0.39 is 10.0 Å². The number of nitrogens with zero attached hydrogens (tertiary/aromatic N) is 2. The van der Waals surface area contributed by atoms with Gasteiger partial charge in [-0.15, -0.1) is 0 Å². The van der Waals surface area contributed by atoms with Crippen molar-refractivity contribution >= 4 is 21.6 Å². The molecule has 1 aliphatic carbocycles. The highest BCUT2D eigenvalue weighted by molar-refractivity contribution is 7.92. The summed E-state index contributed by atoms with van der Waals surface area (Å²) >= 11 is 0. The number of hydrogen-bond donors (Lipinski definition) is 0. The molecular weight excluding hydrogens is 324 g/mol. The first kappa shape index (κ1) is 17.3. The van der Waals surface area contributed by atoms with Crippen LogP contribution in [0.5, 0.6) is 0 Å². The van der Waals surface area contributed by atoms with Gasteiger partial charge in [0.25, 0.3) is 5.91 Å². The molecule has 1 fully saturated rings. The second-order valence-electron chi connectivity index (χ2n) is 7.26. The fourth-order valence-electron chi connectivity index (χ4n) is 3.85. The molecule has 0 bridgehead atoms. The van der Waals surface area contributed by atoms with Crippen LogP contribution in [0, 0.1) is 5.92 Å². The van der Waals surface area contributed by atoms with Crippen molar-refractivity contribution in [1.82, 2.24) is 4.90 Å². The van der Waals surface area contributed by atoms with Gasteiger partial charge in [-0.1, -0.05) is 6.92 Å². The highest BCUT2D eigenvalue weighted by atomic mass is 32.2. The van der Waals surface area contributed by atoms with Crippen molar-refractivity contribution in [3.8, 4) is 0 Å². The summed E-state index contributed by atoms with van der Waals surface area (Å²) in [7, 11) is -1.36. The number of carbonyl (C=O) groups is 1. The molecule has 0 unspecified atom stereocenters. The van der Waals surface area contributed by atoms with Crippen LogP contribution in [-0.4, -0.2) is 45.1 Å². The summed E-state index contributed by atoms with van der Waals surface area (Å²) in [6.45, 7) is 2.73. The van der Waals surface area contributed by atoms with E-state index in [9.17, 15) is 13.2 Å². The molecule has 0 N–H and O–H groups in total. The van der Waals surface area contributed by atoms with Crippen molar-refractivity contribution in [2.45, 2.75) is 45.1 Å². The first-order chi connectivity index (χ1) is 11.3. The van der Waals surface area contributed by atoms with E-state index in [1.807, 2.05) is 18.0 Å². The van der Waals surface area contributed by atoms with Crippen molar-refractivity contribution in [3.63, 3.8) is 0 Å². The Labute approximate surface area is 144 Å². The molecule has 6 heteroatoms. The van der Waals surface area contributed by atoms with Crippen LogP contribution in [0.4, 0.5) is 5.69 Å². The second kappa shape index (κ2) is 6.39. The van der Waals surface area contributed by atoms with Gasteiger partial charge in [0.15, 0.2) is 0 Å². The van der Waals surface area contributed by atoms with E-state index in [1.165, 1.54) is 23.4 Å². The third-order valence-electron chi connectivity index (χ3n) is 5.43. The quantitative estimate of drug-likeness (QED) is 0.842.